The van der Waals surface area contributed by atoms with E-state index in [4.69, 9.17) is 5.73 Å². The van der Waals surface area contributed by atoms with Crippen molar-refractivity contribution in [3.8, 4) is 0 Å². The topological polar surface area (TPSA) is 72.2 Å². The lowest BCUT2D eigenvalue weighted by Crippen LogP contribution is -2.13. The predicted octanol–water partition coefficient (Wildman–Crippen LogP) is 3.82. The molecule has 0 fully saturated rings. The number of hydrogen-bond acceptors (Lipinski definition) is 3. The Morgan fingerprint density at radius 1 is 1.25 bits per heavy atom. The van der Waals surface area contributed by atoms with Crippen molar-refractivity contribution in [2.24, 2.45) is 5.73 Å². The smallest absolute Gasteiger partial charge is 0.248 e. The Morgan fingerprint density at radius 2 is 2.00 bits per heavy atom. The quantitative estimate of drug-likeness (QED) is 0.563. The van der Waals surface area contributed by atoms with Crippen LogP contribution in [0.3, 0.4) is 0 Å². The van der Waals surface area contributed by atoms with Crippen molar-refractivity contribution in [1.82, 2.24) is 0 Å². The van der Waals surface area contributed by atoms with E-state index in [0.29, 0.717) is 11.3 Å². The van der Waals surface area contributed by atoms with Crippen LogP contribution >= 0.6 is 27.7 Å². The van der Waals surface area contributed by atoms with Crippen LogP contribution in [0.4, 0.5) is 10.1 Å². The van der Waals surface area contributed by atoms with Gasteiger partial charge in [-0.3, -0.25) is 9.59 Å². The second-order valence-electron chi connectivity index (χ2n) is 4.74. The summed E-state index contributed by atoms with van der Waals surface area (Å²) in [5.74, 6) is -1.14. The minimum absolute atomic E-state index is 0.117. The number of hydrogen-bond donors (Lipinski definition) is 2. The molecule has 0 aliphatic heterocycles. The molecule has 2 amide bonds. The summed E-state index contributed by atoms with van der Waals surface area (Å²) in [7, 11) is 0. The molecular weight excluding hydrogens is 395 g/mol. The van der Waals surface area contributed by atoms with E-state index in [1.807, 2.05) is 0 Å². The molecule has 0 aromatic heterocycles. The normalized spacial score (nSPS) is 10.8. The molecule has 0 saturated carbocycles. The first-order valence-electron chi connectivity index (χ1n) is 6.90. The second kappa shape index (κ2) is 8.65. The summed E-state index contributed by atoms with van der Waals surface area (Å²) >= 11 is 4.49. The summed E-state index contributed by atoms with van der Waals surface area (Å²) < 4.78 is 14.4. The van der Waals surface area contributed by atoms with Gasteiger partial charge in [-0.15, -0.1) is 11.8 Å². The fourth-order valence-corrected chi connectivity index (χ4v) is 2.95. The average Bonchev–Trinajstić information content (AvgIpc) is 2.55. The van der Waals surface area contributed by atoms with Crippen LogP contribution in [0, 0.1) is 5.82 Å². The van der Waals surface area contributed by atoms with E-state index in [0.717, 1.165) is 9.37 Å². The van der Waals surface area contributed by atoms with Gasteiger partial charge in [0.15, 0.2) is 0 Å². The number of benzene rings is 2. The zero-order valence-electron chi connectivity index (χ0n) is 12.5. The standard InChI is InChI=1S/C17H14BrFN2O2S/c18-12-6-7-13(19)11(9-12)5-8-17(23)21-14-3-1-2-4-15(14)24-10-16(20)22/h1-9H,10H2,(H2,20,22)(H,21,23)/b8-5+. The van der Waals surface area contributed by atoms with Crippen molar-refractivity contribution < 1.29 is 14.0 Å². The molecule has 0 spiro atoms. The van der Waals surface area contributed by atoms with Gasteiger partial charge in [0.05, 0.1) is 11.4 Å². The van der Waals surface area contributed by atoms with Crippen LogP contribution in [0.1, 0.15) is 5.56 Å². The van der Waals surface area contributed by atoms with Crippen molar-refractivity contribution in [3.05, 3.63) is 64.4 Å². The Labute approximate surface area is 151 Å². The highest BCUT2D eigenvalue weighted by Gasteiger charge is 2.07. The Balaban J connectivity index is 2.08. The number of nitrogens with two attached hydrogens (primary N) is 1. The highest BCUT2D eigenvalue weighted by Crippen LogP contribution is 2.26. The van der Waals surface area contributed by atoms with E-state index in [9.17, 15) is 14.0 Å². The lowest BCUT2D eigenvalue weighted by Gasteiger charge is -2.08. The van der Waals surface area contributed by atoms with Gasteiger partial charge in [-0.05, 0) is 36.4 Å². The molecule has 0 aliphatic carbocycles. The number of amides is 2. The van der Waals surface area contributed by atoms with Crippen molar-refractivity contribution in [2.75, 3.05) is 11.1 Å². The van der Waals surface area contributed by atoms with E-state index in [1.165, 1.54) is 30.0 Å². The fourth-order valence-electron chi connectivity index (χ4n) is 1.83. The summed E-state index contributed by atoms with van der Waals surface area (Å²) in [6.07, 6.45) is 2.65. The van der Waals surface area contributed by atoms with Gasteiger partial charge in [-0.2, -0.15) is 0 Å². The van der Waals surface area contributed by atoms with Gasteiger partial charge in [0.2, 0.25) is 11.8 Å². The third kappa shape index (κ3) is 5.50. The molecular formula is C17H14BrFN2O2S. The number of thioether (sulfide) groups is 1. The van der Waals surface area contributed by atoms with Crippen LogP contribution in [0.5, 0.6) is 0 Å². The highest BCUT2D eigenvalue weighted by molar-refractivity contribution is 9.10. The third-order valence-electron chi connectivity index (χ3n) is 2.89. The molecule has 0 atom stereocenters. The number of rotatable bonds is 6. The molecule has 0 saturated heterocycles. The average molecular weight is 409 g/mol. The van der Waals surface area contributed by atoms with Gasteiger partial charge in [-0.1, -0.05) is 28.1 Å². The zero-order valence-corrected chi connectivity index (χ0v) is 14.9. The Bertz CT molecular complexity index is 796. The van der Waals surface area contributed by atoms with Gasteiger partial charge < -0.3 is 11.1 Å². The number of carbonyl (C=O) groups is 2. The molecule has 0 bridgehead atoms. The zero-order chi connectivity index (χ0) is 17.5. The predicted molar refractivity (Wildman–Crippen MR) is 98.1 cm³/mol. The van der Waals surface area contributed by atoms with E-state index in [-0.39, 0.29) is 5.75 Å². The summed E-state index contributed by atoms with van der Waals surface area (Å²) in [5, 5.41) is 2.71. The molecule has 0 unspecified atom stereocenters. The molecule has 0 radical (unpaired) electrons. The first-order chi connectivity index (χ1) is 11.5. The first-order valence-corrected chi connectivity index (χ1v) is 8.68. The van der Waals surface area contributed by atoms with Gasteiger partial charge in [-0.25, -0.2) is 4.39 Å². The maximum atomic E-state index is 13.6. The fraction of sp³-hybridized carbons (Fsp3) is 0.0588. The van der Waals surface area contributed by atoms with Crippen LogP contribution in [-0.2, 0) is 9.59 Å². The first kappa shape index (κ1) is 18.2. The summed E-state index contributed by atoms with van der Waals surface area (Å²) in [6, 6.07) is 11.5. The van der Waals surface area contributed by atoms with E-state index in [1.54, 1.807) is 36.4 Å². The number of primary amides is 1. The number of halogens is 2. The minimum Gasteiger partial charge on any atom is -0.369 e. The van der Waals surface area contributed by atoms with Gasteiger partial charge in [0.25, 0.3) is 0 Å². The Kier molecular flexibility index (Phi) is 6.57. The van der Waals surface area contributed by atoms with Crippen molar-refractivity contribution in [1.29, 1.82) is 0 Å². The largest absolute Gasteiger partial charge is 0.369 e. The van der Waals surface area contributed by atoms with Gasteiger partial charge >= 0.3 is 0 Å². The minimum atomic E-state index is -0.439. The summed E-state index contributed by atoms with van der Waals surface area (Å²) in [4.78, 5) is 23.7. The van der Waals surface area contributed by atoms with E-state index in [2.05, 4.69) is 21.2 Å². The molecule has 7 heteroatoms. The van der Waals surface area contributed by atoms with E-state index >= 15 is 0 Å². The molecule has 4 nitrogen and oxygen atoms in total. The SMILES string of the molecule is NC(=O)CSc1ccccc1NC(=O)/C=C/c1cc(Br)ccc1F. The van der Waals surface area contributed by atoms with Crippen LogP contribution in [0.25, 0.3) is 6.08 Å². The van der Waals surface area contributed by atoms with Crippen molar-refractivity contribution in [2.45, 2.75) is 4.90 Å². The van der Waals surface area contributed by atoms with Crippen LogP contribution in [0.15, 0.2) is 57.9 Å². The Morgan fingerprint density at radius 3 is 2.75 bits per heavy atom. The number of nitrogens with one attached hydrogen (secondary N) is 1. The molecule has 2 rings (SSSR count). The highest BCUT2D eigenvalue weighted by atomic mass is 79.9. The van der Waals surface area contributed by atoms with Gasteiger partial charge in [0, 0.05) is 21.0 Å². The summed E-state index contributed by atoms with van der Waals surface area (Å²) in [5.41, 5.74) is 6.00. The molecule has 2 aromatic rings. The molecule has 0 aliphatic rings. The molecule has 0 heterocycles. The number of carbonyl (C=O) groups excluding carboxylic acids is 2. The Hall–Kier alpha value is -2.12. The lowest BCUT2D eigenvalue weighted by atomic mass is 10.2. The maximum absolute atomic E-state index is 13.6. The molecule has 124 valence electrons. The van der Waals surface area contributed by atoms with Gasteiger partial charge in [0.1, 0.15) is 5.82 Å². The maximum Gasteiger partial charge on any atom is 0.248 e. The van der Waals surface area contributed by atoms with Crippen molar-refractivity contribution >= 4 is 51.3 Å². The van der Waals surface area contributed by atoms with E-state index < -0.39 is 17.6 Å². The molecule has 3 N–H and O–H groups in total. The van der Waals surface area contributed by atoms with Crippen molar-refractivity contribution in [3.63, 3.8) is 0 Å². The lowest BCUT2D eigenvalue weighted by molar-refractivity contribution is -0.115. The second-order valence-corrected chi connectivity index (χ2v) is 6.67. The monoisotopic (exact) mass is 408 g/mol. The van der Waals surface area contributed by atoms with Crippen LogP contribution in [0.2, 0.25) is 0 Å². The molecule has 2 aromatic carbocycles. The summed E-state index contributed by atoms with van der Waals surface area (Å²) in [6.45, 7) is 0. The number of anilines is 1. The van der Waals surface area contributed by atoms with Crippen LogP contribution in [-0.4, -0.2) is 17.6 Å². The van der Waals surface area contributed by atoms with Crippen LogP contribution < -0.4 is 11.1 Å². The molecule has 24 heavy (non-hydrogen) atoms. The third-order valence-corrected chi connectivity index (χ3v) is 4.48. The number of para-hydroxylation sites is 1.